The van der Waals surface area contributed by atoms with E-state index in [0.717, 1.165) is 0 Å². The van der Waals surface area contributed by atoms with Crippen LogP contribution >= 0.6 is 0 Å². The van der Waals surface area contributed by atoms with Crippen molar-refractivity contribution < 1.29 is 13.2 Å². The molecule has 84 valence electrons. The molecular formula is C11H14F3N. The lowest BCUT2D eigenvalue weighted by Gasteiger charge is -2.12. The Morgan fingerprint density at radius 3 is 2.47 bits per heavy atom. The maximum absolute atomic E-state index is 13.5. The first kappa shape index (κ1) is 12.0. The zero-order valence-electron chi connectivity index (χ0n) is 8.73. The van der Waals surface area contributed by atoms with Crippen LogP contribution in [0, 0.1) is 5.82 Å². The van der Waals surface area contributed by atoms with E-state index in [1.165, 1.54) is 6.07 Å². The number of hydrogen-bond donors (Lipinski definition) is 1. The van der Waals surface area contributed by atoms with E-state index >= 15 is 0 Å². The zero-order chi connectivity index (χ0) is 11.4. The molecule has 1 rings (SSSR count). The van der Waals surface area contributed by atoms with Gasteiger partial charge in [-0.2, -0.15) is 0 Å². The molecule has 0 aliphatic rings. The summed E-state index contributed by atoms with van der Waals surface area (Å²) in [6, 6.07) is 4.15. The molecule has 4 heteroatoms. The second kappa shape index (κ2) is 5.16. The van der Waals surface area contributed by atoms with E-state index in [2.05, 4.69) is 5.32 Å². The lowest BCUT2D eigenvalue weighted by atomic mass is 10.0. The highest BCUT2D eigenvalue weighted by Crippen LogP contribution is 2.19. The summed E-state index contributed by atoms with van der Waals surface area (Å²) in [6.45, 7) is 1.81. The highest BCUT2D eigenvalue weighted by molar-refractivity contribution is 5.26. The maximum Gasteiger partial charge on any atom is 0.242 e. The Hall–Kier alpha value is -1.03. The molecule has 15 heavy (non-hydrogen) atoms. The van der Waals surface area contributed by atoms with E-state index in [1.807, 2.05) is 6.92 Å². The van der Waals surface area contributed by atoms with Gasteiger partial charge in [-0.05, 0) is 25.6 Å². The summed E-state index contributed by atoms with van der Waals surface area (Å²) in [5.74, 6) is -0.435. The predicted molar refractivity (Wildman–Crippen MR) is 53.6 cm³/mol. The summed E-state index contributed by atoms with van der Waals surface area (Å²) in [5, 5.41) is 2.89. The van der Waals surface area contributed by atoms with Crippen LogP contribution in [0.3, 0.4) is 0 Å². The number of halogens is 3. The fourth-order valence-corrected chi connectivity index (χ4v) is 1.38. The Balaban J connectivity index is 2.88. The molecule has 0 radical (unpaired) electrons. The van der Waals surface area contributed by atoms with Crippen molar-refractivity contribution in [1.82, 2.24) is 5.32 Å². The molecule has 0 aromatic heterocycles. The van der Waals surface area contributed by atoms with Crippen LogP contribution in [0.5, 0.6) is 0 Å². The third-order valence-electron chi connectivity index (χ3n) is 2.35. The van der Waals surface area contributed by atoms with Gasteiger partial charge in [0.2, 0.25) is 6.43 Å². The van der Waals surface area contributed by atoms with Gasteiger partial charge in [0.1, 0.15) is 5.82 Å². The molecule has 1 aromatic carbocycles. The molecule has 0 fully saturated rings. The summed E-state index contributed by atoms with van der Waals surface area (Å²) in [4.78, 5) is 0. The zero-order valence-corrected chi connectivity index (χ0v) is 8.73. The first-order chi connectivity index (χ1) is 7.04. The average Bonchev–Trinajstić information content (AvgIpc) is 2.16. The molecule has 1 atom stereocenters. The summed E-state index contributed by atoms with van der Waals surface area (Å²) in [5.41, 5.74) is 0.824. The van der Waals surface area contributed by atoms with Gasteiger partial charge in [-0.25, -0.2) is 13.2 Å². The summed E-state index contributed by atoms with van der Waals surface area (Å²) in [7, 11) is 1.72. The van der Waals surface area contributed by atoms with E-state index < -0.39 is 18.7 Å². The van der Waals surface area contributed by atoms with Gasteiger partial charge >= 0.3 is 0 Å². The van der Waals surface area contributed by atoms with Crippen molar-refractivity contribution in [2.75, 3.05) is 7.05 Å². The van der Waals surface area contributed by atoms with Crippen molar-refractivity contribution >= 4 is 0 Å². The standard InChI is InChI=1S/C11H14F3N/c1-7(15-2)9-4-3-8(5-10(9)12)6-11(13)14/h3-5,7,11,15H,6H2,1-2H3. The lowest BCUT2D eigenvalue weighted by Crippen LogP contribution is -2.14. The van der Waals surface area contributed by atoms with Crippen molar-refractivity contribution in [1.29, 1.82) is 0 Å². The quantitative estimate of drug-likeness (QED) is 0.817. The van der Waals surface area contributed by atoms with Gasteiger partial charge in [-0.1, -0.05) is 12.1 Å². The number of hydrogen-bond acceptors (Lipinski definition) is 1. The molecular weight excluding hydrogens is 203 g/mol. The Morgan fingerprint density at radius 2 is 2.00 bits per heavy atom. The maximum atomic E-state index is 13.5. The molecule has 0 spiro atoms. The van der Waals surface area contributed by atoms with Crippen LogP contribution in [0.15, 0.2) is 18.2 Å². The highest BCUT2D eigenvalue weighted by atomic mass is 19.3. The number of benzene rings is 1. The van der Waals surface area contributed by atoms with Crippen LogP contribution in [0.4, 0.5) is 13.2 Å². The van der Waals surface area contributed by atoms with Gasteiger partial charge in [0, 0.05) is 18.0 Å². The second-order valence-corrected chi connectivity index (χ2v) is 3.46. The average molecular weight is 217 g/mol. The second-order valence-electron chi connectivity index (χ2n) is 3.46. The van der Waals surface area contributed by atoms with Gasteiger partial charge in [-0.15, -0.1) is 0 Å². The van der Waals surface area contributed by atoms with Crippen LogP contribution in [0.2, 0.25) is 0 Å². The summed E-state index contributed by atoms with van der Waals surface area (Å²) < 4.78 is 37.5. The van der Waals surface area contributed by atoms with E-state index in [-0.39, 0.29) is 6.04 Å². The minimum Gasteiger partial charge on any atom is -0.313 e. The first-order valence-corrected chi connectivity index (χ1v) is 4.78. The molecule has 1 aromatic rings. The SMILES string of the molecule is CNC(C)c1ccc(CC(F)F)cc1F. The van der Waals surface area contributed by atoms with Crippen LogP contribution < -0.4 is 5.32 Å². The fourth-order valence-electron chi connectivity index (χ4n) is 1.38. The van der Waals surface area contributed by atoms with Crippen molar-refractivity contribution in [2.45, 2.75) is 25.8 Å². The minimum absolute atomic E-state index is 0.120. The molecule has 0 aliphatic heterocycles. The molecule has 0 saturated carbocycles. The predicted octanol–water partition coefficient (Wildman–Crippen LogP) is 2.91. The molecule has 0 amide bonds. The summed E-state index contributed by atoms with van der Waals surface area (Å²) in [6.07, 6.45) is -2.83. The van der Waals surface area contributed by atoms with Crippen LogP contribution in [0.1, 0.15) is 24.1 Å². The molecule has 0 bridgehead atoms. The van der Waals surface area contributed by atoms with Crippen molar-refractivity contribution in [3.63, 3.8) is 0 Å². The van der Waals surface area contributed by atoms with E-state index in [1.54, 1.807) is 19.2 Å². The normalized spacial score (nSPS) is 13.2. The summed E-state index contributed by atoms with van der Waals surface area (Å²) >= 11 is 0. The van der Waals surface area contributed by atoms with Crippen LogP contribution in [0.25, 0.3) is 0 Å². The lowest BCUT2D eigenvalue weighted by molar-refractivity contribution is 0.149. The first-order valence-electron chi connectivity index (χ1n) is 4.78. The van der Waals surface area contributed by atoms with E-state index in [4.69, 9.17) is 0 Å². The van der Waals surface area contributed by atoms with Gasteiger partial charge in [0.15, 0.2) is 0 Å². The van der Waals surface area contributed by atoms with Gasteiger partial charge in [-0.3, -0.25) is 0 Å². The van der Waals surface area contributed by atoms with E-state index in [0.29, 0.717) is 11.1 Å². The Kier molecular flexibility index (Phi) is 4.15. The highest BCUT2D eigenvalue weighted by Gasteiger charge is 2.11. The van der Waals surface area contributed by atoms with Crippen LogP contribution in [-0.2, 0) is 6.42 Å². The van der Waals surface area contributed by atoms with Crippen LogP contribution in [-0.4, -0.2) is 13.5 Å². The number of alkyl halides is 2. The van der Waals surface area contributed by atoms with Gasteiger partial charge < -0.3 is 5.32 Å². The largest absolute Gasteiger partial charge is 0.313 e. The van der Waals surface area contributed by atoms with Gasteiger partial charge in [0.25, 0.3) is 0 Å². The van der Waals surface area contributed by atoms with Crippen molar-refractivity contribution in [3.8, 4) is 0 Å². The monoisotopic (exact) mass is 217 g/mol. The van der Waals surface area contributed by atoms with Crippen molar-refractivity contribution in [3.05, 3.63) is 35.1 Å². The smallest absolute Gasteiger partial charge is 0.242 e. The Bertz CT molecular complexity index is 326. The molecule has 1 N–H and O–H groups in total. The number of rotatable bonds is 4. The molecule has 1 nitrogen and oxygen atoms in total. The Morgan fingerprint density at radius 1 is 1.33 bits per heavy atom. The molecule has 1 unspecified atom stereocenters. The fraction of sp³-hybridized carbons (Fsp3) is 0.455. The minimum atomic E-state index is -2.43. The van der Waals surface area contributed by atoms with Gasteiger partial charge in [0.05, 0.1) is 0 Å². The molecule has 0 heterocycles. The number of nitrogens with one attached hydrogen (secondary N) is 1. The Labute approximate surface area is 87.3 Å². The topological polar surface area (TPSA) is 12.0 Å². The molecule has 0 aliphatic carbocycles. The van der Waals surface area contributed by atoms with E-state index in [9.17, 15) is 13.2 Å². The van der Waals surface area contributed by atoms with Crippen molar-refractivity contribution in [2.24, 2.45) is 0 Å². The third kappa shape index (κ3) is 3.23. The molecule has 0 saturated heterocycles. The third-order valence-corrected chi connectivity index (χ3v) is 2.35.